The van der Waals surface area contributed by atoms with Gasteiger partial charge in [-0.05, 0) is 63.8 Å². The van der Waals surface area contributed by atoms with Crippen molar-refractivity contribution in [1.29, 1.82) is 0 Å². The van der Waals surface area contributed by atoms with Crippen LogP contribution in [-0.2, 0) is 4.74 Å². The van der Waals surface area contributed by atoms with E-state index in [0.717, 1.165) is 29.8 Å². The number of hydrogen-bond acceptors (Lipinski definition) is 3. The third-order valence-corrected chi connectivity index (χ3v) is 4.51. The van der Waals surface area contributed by atoms with Crippen LogP contribution in [0.5, 0.6) is 0 Å². The minimum atomic E-state index is 0.197. The number of morpholine rings is 1. The van der Waals surface area contributed by atoms with E-state index in [9.17, 15) is 4.79 Å². The second-order valence-electron chi connectivity index (χ2n) is 6.51. The minimum Gasteiger partial charge on any atom is -0.373 e. The summed E-state index contributed by atoms with van der Waals surface area (Å²) in [7, 11) is 0. The van der Waals surface area contributed by atoms with Gasteiger partial charge in [0.1, 0.15) is 0 Å². The molecule has 0 aromatic heterocycles. The Balaban J connectivity index is 2.21. The molecule has 116 valence electrons. The lowest BCUT2D eigenvalue weighted by molar-refractivity contribution is -0.0652. The van der Waals surface area contributed by atoms with Gasteiger partial charge < -0.3 is 4.74 Å². The predicted molar refractivity (Wildman–Crippen MR) is 86.2 cm³/mol. The van der Waals surface area contributed by atoms with Gasteiger partial charge in [-0.25, -0.2) is 0 Å². The second-order valence-corrected chi connectivity index (χ2v) is 6.51. The van der Waals surface area contributed by atoms with Crippen LogP contribution in [0.15, 0.2) is 6.07 Å². The molecule has 0 bridgehead atoms. The Morgan fingerprint density at radius 3 is 2.05 bits per heavy atom. The van der Waals surface area contributed by atoms with Crippen molar-refractivity contribution >= 4 is 5.78 Å². The number of rotatable bonds is 3. The average Bonchev–Trinajstić information content (AvgIpc) is 2.35. The number of carbonyl (C=O) groups is 1. The number of Topliss-reactive ketones (excluding diaryl/α,β-unsaturated/α-hetero) is 1. The molecule has 0 aliphatic carbocycles. The van der Waals surface area contributed by atoms with Gasteiger partial charge in [-0.2, -0.15) is 0 Å². The molecule has 0 amide bonds. The standard InChI is InChI=1S/C18H27NO2/c1-11-7-12(2)16(6)18(15(11)5)17(20)10-19-8-13(3)21-14(4)9-19/h7,13-14H,8-10H2,1-6H3. The van der Waals surface area contributed by atoms with Crippen LogP contribution in [0.25, 0.3) is 0 Å². The van der Waals surface area contributed by atoms with Crippen LogP contribution in [0, 0.1) is 27.7 Å². The van der Waals surface area contributed by atoms with Crippen molar-refractivity contribution < 1.29 is 9.53 Å². The van der Waals surface area contributed by atoms with Crippen molar-refractivity contribution in [1.82, 2.24) is 4.90 Å². The van der Waals surface area contributed by atoms with E-state index in [1.54, 1.807) is 0 Å². The van der Waals surface area contributed by atoms with Crippen molar-refractivity contribution in [3.05, 3.63) is 33.9 Å². The van der Waals surface area contributed by atoms with Crippen molar-refractivity contribution in [2.75, 3.05) is 19.6 Å². The maximum atomic E-state index is 12.8. The number of benzene rings is 1. The Kier molecular flexibility index (Phi) is 4.84. The molecule has 1 heterocycles. The first-order valence-electron chi connectivity index (χ1n) is 7.78. The van der Waals surface area contributed by atoms with Crippen molar-refractivity contribution in [2.45, 2.75) is 53.8 Å². The number of carbonyl (C=O) groups excluding carboxylic acids is 1. The molecule has 2 atom stereocenters. The van der Waals surface area contributed by atoms with E-state index in [4.69, 9.17) is 4.74 Å². The van der Waals surface area contributed by atoms with E-state index in [-0.39, 0.29) is 18.0 Å². The molecule has 1 aromatic carbocycles. The lowest BCUT2D eigenvalue weighted by atomic mass is 9.91. The van der Waals surface area contributed by atoms with Crippen LogP contribution in [0.4, 0.5) is 0 Å². The van der Waals surface area contributed by atoms with Gasteiger partial charge in [0.25, 0.3) is 0 Å². The molecular formula is C18H27NO2. The highest BCUT2D eigenvalue weighted by molar-refractivity contribution is 6.00. The third kappa shape index (κ3) is 3.53. The molecule has 1 aliphatic rings. The van der Waals surface area contributed by atoms with Crippen LogP contribution in [-0.4, -0.2) is 42.5 Å². The predicted octanol–water partition coefficient (Wildman–Crippen LogP) is 3.21. The Morgan fingerprint density at radius 2 is 1.57 bits per heavy atom. The molecule has 0 radical (unpaired) electrons. The molecule has 0 saturated carbocycles. The first kappa shape index (κ1) is 16.2. The molecule has 1 fully saturated rings. The minimum absolute atomic E-state index is 0.197. The topological polar surface area (TPSA) is 29.5 Å². The van der Waals surface area contributed by atoms with Gasteiger partial charge in [-0.3, -0.25) is 9.69 Å². The first-order valence-corrected chi connectivity index (χ1v) is 7.78. The molecule has 2 unspecified atom stereocenters. The number of hydrogen-bond donors (Lipinski definition) is 0. The van der Waals surface area contributed by atoms with E-state index < -0.39 is 0 Å². The smallest absolute Gasteiger partial charge is 0.177 e. The summed E-state index contributed by atoms with van der Waals surface area (Å²) >= 11 is 0. The highest BCUT2D eigenvalue weighted by Gasteiger charge is 2.25. The van der Waals surface area contributed by atoms with E-state index in [1.807, 2.05) is 0 Å². The largest absolute Gasteiger partial charge is 0.373 e. The number of ether oxygens (including phenoxy) is 1. The maximum absolute atomic E-state index is 12.8. The van der Waals surface area contributed by atoms with E-state index in [1.165, 1.54) is 11.1 Å². The van der Waals surface area contributed by atoms with Crippen LogP contribution < -0.4 is 0 Å². The summed E-state index contributed by atoms with van der Waals surface area (Å²) < 4.78 is 5.74. The van der Waals surface area contributed by atoms with Gasteiger partial charge in [0, 0.05) is 18.7 Å². The van der Waals surface area contributed by atoms with Crippen LogP contribution in [0.1, 0.15) is 46.5 Å². The summed E-state index contributed by atoms with van der Waals surface area (Å²) in [5.41, 5.74) is 5.56. The highest BCUT2D eigenvalue weighted by Crippen LogP contribution is 2.23. The normalized spacial score (nSPS) is 23.3. The second kappa shape index (κ2) is 6.29. The fraction of sp³-hybridized carbons (Fsp3) is 0.611. The molecule has 3 nitrogen and oxygen atoms in total. The van der Waals surface area contributed by atoms with E-state index in [2.05, 4.69) is 52.5 Å². The van der Waals surface area contributed by atoms with Crippen molar-refractivity contribution in [3.8, 4) is 0 Å². The Hall–Kier alpha value is -1.19. The number of ketones is 1. The van der Waals surface area contributed by atoms with Crippen LogP contribution >= 0.6 is 0 Å². The number of aryl methyl sites for hydroxylation is 2. The molecule has 21 heavy (non-hydrogen) atoms. The molecule has 0 N–H and O–H groups in total. The number of nitrogens with zero attached hydrogens (tertiary/aromatic N) is 1. The van der Waals surface area contributed by atoms with Gasteiger partial charge in [0.05, 0.1) is 18.8 Å². The zero-order chi connectivity index (χ0) is 15.7. The first-order chi connectivity index (χ1) is 9.79. The van der Waals surface area contributed by atoms with Crippen molar-refractivity contribution in [2.24, 2.45) is 0 Å². The van der Waals surface area contributed by atoms with E-state index in [0.29, 0.717) is 6.54 Å². The maximum Gasteiger partial charge on any atom is 0.177 e. The van der Waals surface area contributed by atoms with Gasteiger partial charge in [0.2, 0.25) is 0 Å². The Bertz CT molecular complexity index is 514. The summed E-state index contributed by atoms with van der Waals surface area (Å²) in [5.74, 6) is 0.234. The summed E-state index contributed by atoms with van der Waals surface area (Å²) in [6.45, 7) is 14.6. The Morgan fingerprint density at radius 1 is 1.10 bits per heavy atom. The molecule has 0 spiro atoms. The van der Waals surface area contributed by atoms with Gasteiger partial charge in [-0.1, -0.05) is 6.07 Å². The highest BCUT2D eigenvalue weighted by atomic mass is 16.5. The zero-order valence-corrected chi connectivity index (χ0v) is 14.1. The SMILES string of the molecule is Cc1cc(C)c(C)c(C(=O)CN2CC(C)OC(C)C2)c1C. The fourth-order valence-electron chi connectivity index (χ4n) is 3.33. The third-order valence-electron chi connectivity index (χ3n) is 4.51. The summed E-state index contributed by atoms with van der Waals surface area (Å²) in [6, 6.07) is 2.17. The molecule has 1 aromatic rings. The van der Waals surface area contributed by atoms with Gasteiger partial charge >= 0.3 is 0 Å². The molecular weight excluding hydrogens is 262 g/mol. The molecule has 1 saturated heterocycles. The lowest BCUT2D eigenvalue weighted by Gasteiger charge is -2.35. The van der Waals surface area contributed by atoms with Crippen molar-refractivity contribution in [3.63, 3.8) is 0 Å². The average molecular weight is 289 g/mol. The molecule has 2 rings (SSSR count). The van der Waals surface area contributed by atoms with Crippen LogP contribution in [0.3, 0.4) is 0 Å². The van der Waals surface area contributed by atoms with Crippen LogP contribution in [0.2, 0.25) is 0 Å². The monoisotopic (exact) mass is 289 g/mol. The molecule has 1 aliphatic heterocycles. The summed E-state index contributed by atoms with van der Waals surface area (Å²) in [4.78, 5) is 15.0. The summed E-state index contributed by atoms with van der Waals surface area (Å²) in [5, 5.41) is 0. The van der Waals surface area contributed by atoms with E-state index >= 15 is 0 Å². The lowest BCUT2D eigenvalue weighted by Crippen LogP contribution is -2.47. The zero-order valence-electron chi connectivity index (χ0n) is 14.1. The summed E-state index contributed by atoms with van der Waals surface area (Å²) in [6.07, 6.45) is 0.394. The molecule has 3 heteroatoms. The quantitative estimate of drug-likeness (QED) is 0.800. The fourth-order valence-corrected chi connectivity index (χ4v) is 3.33. The Labute approximate surface area is 128 Å². The van der Waals surface area contributed by atoms with Gasteiger partial charge in [0.15, 0.2) is 5.78 Å². The van der Waals surface area contributed by atoms with Gasteiger partial charge in [-0.15, -0.1) is 0 Å².